The van der Waals surface area contributed by atoms with Gasteiger partial charge in [-0.05, 0) is 79.3 Å². The van der Waals surface area contributed by atoms with Crippen molar-refractivity contribution < 1.29 is 9.59 Å². The fourth-order valence-electron chi connectivity index (χ4n) is 6.50. The van der Waals surface area contributed by atoms with Gasteiger partial charge in [0.15, 0.2) is 5.78 Å². The first-order valence-corrected chi connectivity index (χ1v) is 10.4. The number of nitrogens with zero attached hydrogens (tertiary/aromatic N) is 1. The van der Waals surface area contributed by atoms with Crippen LogP contribution in [0.5, 0.6) is 0 Å². The number of hydrogen-bond acceptors (Lipinski definition) is 4. The Labute approximate surface area is 153 Å². The minimum absolute atomic E-state index is 0.0798. The Morgan fingerprint density at radius 2 is 1.96 bits per heavy atom. The lowest BCUT2D eigenvalue weighted by Gasteiger charge is -2.57. The largest absolute Gasteiger partial charge is 0.299 e. The number of allylic oxidation sites excluding steroid dienone is 3. The zero-order chi connectivity index (χ0) is 17.8. The molecule has 0 N–H and O–H groups in total. The van der Waals surface area contributed by atoms with Gasteiger partial charge in [-0.15, -0.1) is 0 Å². The second-order valence-electron chi connectivity index (χ2n) is 8.66. The maximum Gasteiger partial charge on any atom is 0.178 e. The topological polar surface area (TPSA) is 57.9 Å². The van der Waals surface area contributed by atoms with Gasteiger partial charge in [0.2, 0.25) is 0 Å². The van der Waals surface area contributed by atoms with Crippen molar-refractivity contribution in [2.75, 3.05) is 5.75 Å². The van der Waals surface area contributed by atoms with Crippen molar-refractivity contribution in [3.63, 3.8) is 0 Å². The van der Waals surface area contributed by atoms with E-state index in [1.807, 2.05) is 6.08 Å². The van der Waals surface area contributed by atoms with E-state index in [1.165, 1.54) is 17.3 Å². The fraction of sp³-hybridized carbons (Fsp3) is 0.667. The molecule has 4 heteroatoms. The molecular weight excluding hydrogens is 330 g/mol. The predicted molar refractivity (Wildman–Crippen MR) is 98.6 cm³/mol. The molecule has 0 saturated heterocycles. The summed E-state index contributed by atoms with van der Waals surface area (Å²) in [4.78, 5) is 24.7. The summed E-state index contributed by atoms with van der Waals surface area (Å²) >= 11 is 1.23. The Balaban J connectivity index is 1.73. The SMILES string of the molecule is C[C@@]12C(=CC(=O)C=C1CSC#N)CC[C@@H]1[C@@H]2CC[C@]2(C)C(=O)CC[C@@H]12. The van der Waals surface area contributed by atoms with E-state index in [9.17, 15) is 9.59 Å². The molecule has 0 aromatic carbocycles. The van der Waals surface area contributed by atoms with Crippen molar-refractivity contribution in [1.29, 1.82) is 5.26 Å². The van der Waals surface area contributed by atoms with Crippen LogP contribution in [0, 0.1) is 39.2 Å². The second-order valence-corrected chi connectivity index (χ2v) is 9.42. The number of hydrogen-bond donors (Lipinski definition) is 0. The van der Waals surface area contributed by atoms with Crippen LogP contribution >= 0.6 is 11.8 Å². The van der Waals surface area contributed by atoms with Crippen molar-refractivity contribution in [3.8, 4) is 5.40 Å². The van der Waals surface area contributed by atoms with E-state index in [1.54, 1.807) is 6.08 Å². The maximum atomic E-state index is 12.5. The lowest BCUT2D eigenvalue weighted by Crippen LogP contribution is -2.51. The fourth-order valence-corrected chi connectivity index (χ4v) is 7.10. The summed E-state index contributed by atoms with van der Waals surface area (Å²) in [6.07, 6.45) is 9.51. The number of fused-ring (bicyclic) bond motifs is 5. The lowest BCUT2D eigenvalue weighted by molar-refractivity contribution is -0.131. The summed E-state index contributed by atoms with van der Waals surface area (Å²) in [5, 5.41) is 11.2. The zero-order valence-corrected chi connectivity index (χ0v) is 15.8. The molecule has 5 atom stereocenters. The van der Waals surface area contributed by atoms with Gasteiger partial charge >= 0.3 is 0 Å². The molecule has 0 aliphatic heterocycles. The minimum Gasteiger partial charge on any atom is -0.299 e. The van der Waals surface area contributed by atoms with E-state index in [0.717, 1.165) is 44.1 Å². The minimum atomic E-state index is -0.117. The van der Waals surface area contributed by atoms with E-state index in [2.05, 4.69) is 19.2 Å². The van der Waals surface area contributed by atoms with Gasteiger partial charge in [-0.1, -0.05) is 19.4 Å². The summed E-state index contributed by atoms with van der Waals surface area (Å²) in [5.41, 5.74) is 2.18. The van der Waals surface area contributed by atoms with Crippen LogP contribution in [0.2, 0.25) is 0 Å². The van der Waals surface area contributed by atoms with Crippen LogP contribution in [0.15, 0.2) is 23.3 Å². The molecule has 132 valence electrons. The van der Waals surface area contributed by atoms with Gasteiger partial charge in [-0.25, -0.2) is 0 Å². The molecule has 0 unspecified atom stereocenters. The van der Waals surface area contributed by atoms with E-state index in [-0.39, 0.29) is 16.6 Å². The molecule has 0 radical (unpaired) electrons. The monoisotopic (exact) mass is 355 g/mol. The van der Waals surface area contributed by atoms with Gasteiger partial charge in [-0.3, -0.25) is 9.59 Å². The molecule has 25 heavy (non-hydrogen) atoms. The average molecular weight is 356 g/mol. The number of carbonyl (C=O) groups excluding carboxylic acids is 2. The van der Waals surface area contributed by atoms with Crippen LogP contribution in [0.25, 0.3) is 0 Å². The third-order valence-electron chi connectivity index (χ3n) is 7.89. The second kappa shape index (κ2) is 5.84. The van der Waals surface area contributed by atoms with Crippen LogP contribution in [0.1, 0.15) is 52.4 Å². The molecule has 0 amide bonds. The number of thiocyanates is 1. The average Bonchev–Trinajstić information content (AvgIpc) is 2.89. The Morgan fingerprint density at radius 1 is 1.16 bits per heavy atom. The molecule has 0 aromatic heterocycles. The number of Topliss-reactive ketones (excluding diaryl/α,β-unsaturated/α-hetero) is 1. The Bertz CT molecular complexity index is 745. The zero-order valence-electron chi connectivity index (χ0n) is 15.0. The van der Waals surface area contributed by atoms with Gasteiger partial charge in [-0.2, -0.15) is 5.26 Å². The van der Waals surface area contributed by atoms with Crippen molar-refractivity contribution in [2.24, 2.45) is 28.6 Å². The number of thioether (sulfide) groups is 1. The van der Waals surface area contributed by atoms with Gasteiger partial charge < -0.3 is 0 Å². The molecule has 0 heterocycles. The molecule has 4 aliphatic rings. The standard InChI is InChI=1S/C21H25NO2S/c1-20-8-7-18-16(17(20)5-6-19(20)24)4-3-13-9-15(23)10-14(11-25-12-22)21(13,18)2/h9-10,16-18H,3-8,11H2,1-2H3/t16-,17-,18-,20-,21+/m0/s1. The molecule has 3 saturated carbocycles. The summed E-state index contributed by atoms with van der Waals surface area (Å²) in [7, 11) is 0. The number of rotatable bonds is 2. The highest BCUT2D eigenvalue weighted by atomic mass is 32.2. The smallest absolute Gasteiger partial charge is 0.178 e. The number of ketones is 2. The molecule has 3 fully saturated rings. The normalized spacial score (nSPS) is 42.7. The summed E-state index contributed by atoms with van der Waals surface area (Å²) in [5.74, 6) is 2.72. The van der Waals surface area contributed by atoms with Crippen LogP contribution in [-0.2, 0) is 9.59 Å². The third kappa shape index (κ3) is 2.31. The van der Waals surface area contributed by atoms with E-state index in [4.69, 9.17) is 5.26 Å². The van der Waals surface area contributed by atoms with E-state index >= 15 is 0 Å². The van der Waals surface area contributed by atoms with Crippen molar-refractivity contribution in [1.82, 2.24) is 0 Å². The van der Waals surface area contributed by atoms with Crippen molar-refractivity contribution in [3.05, 3.63) is 23.3 Å². The predicted octanol–water partition coefficient (Wildman–Crippen LogP) is 4.45. The summed E-state index contributed by atoms with van der Waals surface area (Å²) in [6, 6.07) is 0. The van der Waals surface area contributed by atoms with Crippen molar-refractivity contribution in [2.45, 2.75) is 52.4 Å². The van der Waals surface area contributed by atoms with Gasteiger partial charge in [0, 0.05) is 23.0 Å². The Hall–Kier alpha value is -1.34. The molecule has 0 bridgehead atoms. The first kappa shape index (κ1) is 17.1. The van der Waals surface area contributed by atoms with Gasteiger partial charge in [0.1, 0.15) is 11.2 Å². The van der Waals surface area contributed by atoms with Crippen LogP contribution in [-0.4, -0.2) is 17.3 Å². The van der Waals surface area contributed by atoms with Gasteiger partial charge in [0.25, 0.3) is 0 Å². The van der Waals surface area contributed by atoms with Crippen molar-refractivity contribution >= 4 is 23.3 Å². The van der Waals surface area contributed by atoms with Crippen LogP contribution in [0.4, 0.5) is 0 Å². The highest BCUT2D eigenvalue weighted by Gasteiger charge is 2.59. The number of carbonyl (C=O) groups is 2. The molecular formula is C21H25NO2S. The highest BCUT2D eigenvalue weighted by molar-refractivity contribution is 8.03. The van der Waals surface area contributed by atoms with Crippen LogP contribution < -0.4 is 0 Å². The molecule has 4 aliphatic carbocycles. The van der Waals surface area contributed by atoms with Crippen LogP contribution in [0.3, 0.4) is 0 Å². The third-order valence-corrected chi connectivity index (χ3v) is 8.48. The molecule has 4 rings (SSSR count). The maximum absolute atomic E-state index is 12.5. The molecule has 0 spiro atoms. The molecule has 0 aromatic rings. The highest BCUT2D eigenvalue weighted by Crippen LogP contribution is 2.65. The first-order chi connectivity index (χ1) is 11.9. The Kier molecular flexibility index (Phi) is 3.99. The van der Waals surface area contributed by atoms with E-state index < -0.39 is 0 Å². The van der Waals surface area contributed by atoms with Gasteiger partial charge in [0.05, 0.1) is 0 Å². The Morgan fingerprint density at radius 3 is 2.72 bits per heavy atom. The summed E-state index contributed by atoms with van der Waals surface area (Å²) in [6.45, 7) is 4.49. The van der Waals surface area contributed by atoms with E-state index in [0.29, 0.717) is 29.3 Å². The number of nitriles is 1. The lowest BCUT2D eigenvalue weighted by atomic mass is 9.47. The summed E-state index contributed by atoms with van der Waals surface area (Å²) < 4.78 is 0. The quantitative estimate of drug-likeness (QED) is 0.687. The first-order valence-electron chi connectivity index (χ1n) is 9.41. The molecule has 3 nitrogen and oxygen atoms in total.